The molecule has 5 nitrogen and oxygen atoms in total. The van der Waals surface area contributed by atoms with Crippen LogP contribution < -0.4 is 0 Å². The Labute approximate surface area is 99.1 Å². The van der Waals surface area contributed by atoms with Crippen molar-refractivity contribution in [3.63, 3.8) is 0 Å². The van der Waals surface area contributed by atoms with Gasteiger partial charge in [0.15, 0.2) is 0 Å². The van der Waals surface area contributed by atoms with Crippen LogP contribution in [-0.4, -0.2) is 29.0 Å². The molecule has 0 aromatic heterocycles. The number of phenolic OH excluding ortho intramolecular Hbond substituents is 1. The van der Waals surface area contributed by atoms with Gasteiger partial charge in [0.1, 0.15) is 18.8 Å². The van der Waals surface area contributed by atoms with Gasteiger partial charge >= 0.3 is 0 Å². The molecular formula is C12H11N3O2. The normalized spacial score (nSPS) is 9.12. The number of nitriles is 2. The van der Waals surface area contributed by atoms with Gasteiger partial charge in [0.25, 0.3) is 5.91 Å². The molecule has 0 aliphatic heterocycles. The van der Waals surface area contributed by atoms with Crippen LogP contribution in [0.4, 0.5) is 0 Å². The second kappa shape index (κ2) is 5.53. The first-order chi connectivity index (χ1) is 8.10. The van der Waals surface area contributed by atoms with Crippen LogP contribution in [0.1, 0.15) is 15.9 Å². The molecule has 0 heterocycles. The van der Waals surface area contributed by atoms with E-state index in [1.807, 2.05) is 0 Å². The Bertz CT molecular complexity index is 495. The first-order valence-electron chi connectivity index (χ1n) is 4.93. The lowest BCUT2D eigenvalue weighted by atomic mass is 10.1. The van der Waals surface area contributed by atoms with Crippen LogP contribution in [0.3, 0.4) is 0 Å². The van der Waals surface area contributed by atoms with E-state index < -0.39 is 5.91 Å². The molecule has 0 radical (unpaired) electrons. The molecule has 1 aromatic carbocycles. The Balaban J connectivity index is 3.02. The van der Waals surface area contributed by atoms with Gasteiger partial charge in [0.2, 0.25) is 0 Å². The molecule has 0 spiro atoms. The van der Waals surface area contributed by atoms with Crippen molar-refractivity contribution in [2.24, 2.45) is 0 Å². The first-order valence-corrected chi connectivity index (χ1v) is 4.93. The van der Waals surface area contributed by atoms with Crippen LogP contribution in [0, 0.1) is 29.6 Å². The lowest BCUT2D eigenvalue weighted by Gasteiger charge is -2.16. The molecule has 1 N–H and O–H groups in total. The van der Waals surface area contributed by atoms with Crippen LogP contribution in [0.15, 0.2) is 18.2 Å². The fraction of sp³-hybridized carbons (Fsp3) is 0.250. The maximum Gasteiger partial charge on any atom is 0.259 e. The van der Waals surface area contributed by atoms with E-state index in [2.05, 4.69) is 0 Å². The number of hydrogen-bond donors (Lipinski definition) is 1. The topological polar surface area (TPSA) is 88.1 Å². The van der Waals surface area contributed by atoms with E-state index >= 15 is 0 Å². The van der Waals surface area contributed by atoms with E-state index in [0.717, 1.165) is 10.5 Å². The predicted octanol–water partition coefficient (Wildman–Crippen LogP) is 1.19. The number of carbonyl (C=O) groups is 1. The summed E-state index contributed by atoms with van der Waals surface area (Å²) < 4.78 is 0. The summed E-state index contributed by atoms with van der Waals surface area (Å²) in [6.45, 7) is 1.43. The van der Waals surface area contributed by atoms with E-state index in [1.54, 1.807) is 25.1 Å². The lowest BCUT2D eigenvalue weighted by Crippen LogP contribution is -2.31. The van der Waals surface area contributed by atoms with Crippen molar-refractivity contribution < 1.29 is 9.90 Å². The van der Waals surface area contributed by atoms with Gasteiger partial charge in [0.05, 0.1) is 17.7 Å². The van der Waals surface area contributed by atoms with Crippen LogP contribution in [0.2, 0.25) is 0 Å². The third-order valence-corrected chi connectivity index (χ3v) is 2.19. The molecule has 1 aromatic rings. The molecule has 17 heavy (non-hydrogen) atoms. The number of carbonyl (C=O) groups excluding carboxylic acids is 1. The zero-order chi connectivity index (χ0) is 12.8. The number of amides is 1. The average Bonchev–Trinajstić information content (AvgIpc) is 2.28. The summed E-state index contributed by atoms with van der Waals surface area (Å²) in [5.41, 5.74) is 0.923. The molecular weight excluding hydrogens is 218 g/mol. The predicted molar refractivity (Wildman–Crippen MR) is 60.0 cm³/mol. The standard InChI is InChI=1S/C12H11N3O2/c1-9-2-3-10(11(16)8-9)12(17)15(6-4-13)7-5-14/h2-3,8,16H,6-7H2,1H3. The average molecular weight is 229 g/mol. The highest BCUT2D eigenvalue weighted by Crippen LogP contribution is 2.20. The van der Waals surface area contributed by atoms with Gasteiger partial charge in [-0.1, -0.05) is 6.07 Å². The number of rotatable bonds is 3. The molecule has 0 bridgehead atoms. The van der Waals surface area contributed by atoms with E-state index in [0.29, 0.717) is 0 Å². The van der Waals surface area contributed by atoms with Gasteiger partial charge in [-0.15, -0.1) is 0 Å². The molecule has 0 atom stereocenters. The molecule has 1 amide bonds. The molecule has 1 rings (SSSR count). The highest BCUT2D eigenvalue weighted by atomic mass is 16.3. The molecule has 0 aliphatic carbocycles. The minimum atomic E-state index is -0.523. The third kappa shape index (κ3) is 2.96. The quantitative estimate of drug-likeness (QED) is 0.788. The van der Waals surface area contributed by atoms with Gasteiger partial charge in [-0.2, -0.15) is 10.5 Å². The number of nitrogens with zero attached hydrogens (tertiary/aromatic N) is 3. The lowest BCUT2D eigenvalue weighted by molar-refractivity contribution is 0.0791. The van der Waals surface area contributed by atoms with Gasteiger partial charge in [-0.3, -0.25) is 4.79 Å². The molecule has 0 saturated carbocycles. The van der Waals surface area contributed by atoms with E-state index in [1.165, 1.54) is 12.1 Å². The first kappa shape index (κ1) is 12.5. The molecule has 0 aliphatic rings. The van der Waals surface area contributed by atoms with Crippen LogP contribution in [0.5, 0.6) is 5.75 Å². The highest BCUT2D eigenvalue weighted by molar-refractivity contribution is 5.97. The van der Waals surface area contributed by atoms with Crippen molar-refractivity contribution in [1.29, 1.82) is 10.5 Å². The van der Waals surface area contributed by atoms with Crippen molar-refractivity contribution in [1.82, 2.24) is 4.90 Å². The van der Waals surface area contributed by atoms with Gasteiger partial charge in [-0.05, 0) is 24.6 Å². The Morgan fingerprint density at radius 1 is 1.35 bits per heavy atom. The molecule has 86 valence electrons. The smallest absolute Gasteiger partial charge is 0.259 e. The Hall–Kier alpha value is -2.53. The van der Waals surface area contributed by atoms with E-state index in [-0.39, 0.29) is 24.4 Å². The maximum atomic E-state index is 11.9. The molecule has 0 fully saturated rings. The Morgan fingerprint density at radius 3 is 2.41 bits per heavy atom. The number of aryl methyl sites for hydroxylation is 1. The Morgan fingerprint density at radius 2 is 1.94 bits per heavy atom. The van der Waals surface area contributed by atoms with Gasteiger partial charge in [-0.25, -0.2) is 0 Å². The zero-order valence-electron chi connectivity index (χ0n) is 9.34. The van der Waals surface area contributed by atoms with Gasteiger partial charge in [0, 0.05) is 0 Å². The largest absolute Gasteiger partial charge is 0.507 e. The maximum absolute atomic E-state index is 11.9. The van der Waals surface area contributed by atoms with E-state index in [9.17, 15) is 9.90 Å². The van der Waals surface area contributed by atoms with Crippen LogP contribution in [-0.2, 0) is 0 Å². The second-order valence-corrected chi connectivity index (χ2v) is 3.50. The van der Waals surface area contributed by atoms with Crippen molar-refractivity contribution >= 4 is 5.91 Å². The second-order valence-electron chi connectivity index (χ2n) is 3.50. The SMILES string of the molecule is Cc1ccc(C(=O)N(CC#N)CC#N)c(O)c1. The fourth-order valence-corrected chi connectivity index (χ4v) is 1.36. The third-order valence-electron chi connectivity index (χ3n) is 2.19. The van der Waals surface area contributed by atoms with E-state index in [4.69, 9.17) is 10.5 Å². The van der Waals surface area contributed by atoms with Crippen molar-refractivity contribution in [3.8, 4) is 17.9 Å². The van der Waals surface area contributed by atoms with Crippen LogP contribution >= 0.6 is 0 Å². The molecule has 0 saturated heterocycles. The van der Waals surface area contributed by atoms with Crippen molar-refractivity contribution in [3.05, 3.63) is 29.3 Å². The van der Waals surface area contributed by atoms with Crippen molar-refractivity contribution in [2.45, 2.75) is 6.92 Å². The summed E-state index contributed by atoms with van der Waals surface area (Å²) in [7, 11) is 0. The summed E-state index contributed by atoms with van der Waals surface area (Å²) in [5.74, 6) is -0.665. The van der Waals surface area contributed by atoms with Crippen LogP contribution in [0.25, 0.3) is 0 Å². The Kier molecular flexibility index (Phi) is 4.08. The summed E-state index contributed by atoms with van der Waals surface area (Å²) in [6.07, 6.45) is 0. The summed E-state index contributed by atoms with van der Waals surface area (Å²) in [6, 6.07) is 8.24. The summed E-state index contributed by atoms with van der Waals surface area (Å²) in [4.78, 5) is 13.0. The summed E-state index contributed by atoms with van der Waals surface area (Å²) >= 11 is 0. The molecule has 5 heteroatoms. The number of phenols is 1. The zero-order valence-corrected chi connectivity index (χ0v) is 9.34. The monoisotopic (exact) mass is 229 g/mol. The minimum absolute atomic E-state index is 0.0982. The fourth-order valence-electron chi connectivity index (χ4n) is 1.36. The summed E-state index contributed by atoms with van der Waals surface area (Å²) in [5, 5.41) is 26.7. The molecule has 0 unspecified atom stereocenters. The minimum Gasteiger partial charge on any atom is -0.507 e. The van der Waals surface area contributed by atoms with Crippen molar-refractivity contribution in [2.75, 3.05) is 13.1 Å². The number of benzene rings is 1. The highest BCUT2D eigenvalue weighted by Gasteiger charge is 2.18. The number of aromatic hydroxyl groups is 1. The van der Waals surface area contributed by atoms with Gasteiger partial charge < -0.3 is 10.0 Å². The number of hydrogen-bond acceptors (Lipinski definition) is 4.